The van der Waals surface area contributed by atoms with Crippen LogP contribution in [-0.4, -0.2) is 82.7 Å². The lowest BCUT2D eigenvalue weighted by atomic mass is 9.90. The number of amides is 4. The first-order valence-electron chi connectivity index (χ1n) is 17.9. The first-order valence-corrected chi connectivity index (χ1v) is 17.9. The third-order valence-corrected chi connectivity index (χ3v) is 8.54. The summed E-state index contributed by atoms with van der Waals surface area (Å²) in [6, 6.07) is 7.54. The zero-order chi connectivity index (χ0) is 42.3. The van der Waals surface area contributed by atoms with Crippen LogP contribution in [0.15, 0.2) is 59.0 Å². The summed E-state index contributed by atoms with van der Waals surface area (Å²) in [4.78, 5) is 91.9. The zero-order valence-corrected chi connectivity index (χ0v) is 31.2. The molecule has 0 saturated heterocycles. The van der Waals surface area contributed by atoms with Crippen molar-refractivity contribution in [3.63, 3.8) is 0 Å². The van der Waals surface area contributed by atoms with Crippen LogP contribution in [0.5, 0.6) is 5.75 Å². The van der Waals surface area contributed by atoms with E-state index in [0.717, 1.165) is 25.0 Å². The van der Waals surface area contributed by atoms with Gasteiger partial charge in [0.15, 0.2) is 5.76 Å². The van der Waals surface area contributed by atoms with Crippen molar-refractivity contribution in [2.45, 2.75) is 77.6 Å². The van der Waals surface area contributed by atoms with E-state index in [1.54, 1.807) is 13.8 Å². The number of carbonyl (C=O) groups is 7. The van der Waals surface area contributed by atoms with Crippen LogP contribution in [0.2, 0.25) is 0 Å². The second kappa shape index (κ2) is 21.1. The van der Waals surface area contributed by atoms with E-state index in [0.29, 0.717) is 29.2 Å². The van der Waals surface area contributed by atoms with Crippen LogP contribution in [0.25, 0.3) is 11.3 Å². The van der Waals surface area contributed by atoms with Crippen LogP contribution < -0.4 is 20.7 Å². The summed E-state index contributed by atoms with van der Waals surface area (Å²) in [6.07, 6.45) is -2.74. The van der Waals surface area contributed by atoms with Crippen molar-refractivity contribution in [3.05, 3.63) is 77.0 Å². The van der Waals surface area contributed by atoms with Crippen LogP contribution in [0.3, 0.4) is 0 Å². The number of nitrogens with zero attached hydrogens (tertiary/aromatic N) is 1. The summed E-state index contributed by atoms with van der Waals surface area (Å²) in [5.41, 5.74) is -0.946. The molecule has 0 aliphatic carbocycles. The molecule has 0 aliphatic heterocycles. The molecule has 0 saturated carbocycles. The number of ether oxygens (including phenoxy) is 1. The normalized spacial score (nSPS) is 12.7. The number of unbranched alkanes of at least 4 members (excludes halogenated alkanes) is 2. The van der Waals surface area contributed by atoms with Gasteiger partial charge in [-0.3, -0.25) is 24.0 Å². The number of halogens is 3. The number of benzene rings is 2. The summed E-state index contributed by atoms with van der Waals surface area (Å²) in [5.74, 6) is -7.16. The monoisotopic (exact) mass is 804 g/mol. The average molecular weight is 805 g/mol. The minimum Gasteiger partial charge on any atom is -0.493 e. The number of rotatable bonds is 22. The van der Waals surface area contributed by atoms with E-state index < -0.39 is 71.8 Å². The fourth-order valence-corrected chi connectivity index (χ4v) is 5.66. The van der Waals surface area contributed by atoms with Crippen molar-refractivity contribution >= 4 is 42.0 Å². The molecule has 0 aliphatic rings. The number of furan rings is 1. The molecule has 19 heteroatoms. The van der Waals surface area contributed by atoms with Gasteiger partial charge >= 0.3 is 24.1 Å². The Bertz CT molecular complexity index is 1900. The Morgan fingerprint density at radius 2 is 1.61 bits per heavy atom. The van der Waals surface area contributed by atoms with Gasteiger partial charge in [0, 0.05) is 5.56 Å². The smallest absolute Gasteiger partial charge is 0.416 e. The number of carboxylic acids is 2. The molecule has 1 aromatic heterocycles. The highest BCUT2D eigenvalue weighted by atomic mass is 19.4. The molecule has 2 unspecified atom stereocenters. The lowest BCUT2D eigenvalue weighted by Crippen LogP contribution is -2.49. The largest absolute Gasteiger partial charge is 0.493 e. The molecule has 2 aromatic carbocycles. The number of aliphatic carboxylic acids is 2. The Hall–Kier alpha value is -6.40. The van der Waals surface area contributed by atoms with Crippen LogP contribution in [0.4, 0.5) is 13.2 Å². The molecule has 308 valence electrons. The van der Waals surface area contributed by atoms with Gasteiger partial charge in [0.25, 0.3) is 11.8 Å². The number of hydrogen-bond donors (Lipinski definition) is 5. The summed E-state index contributed by atoms with van der Waals surface area (Å²) < 4.78 is 50.2. The van der Waals surface area contributed by atoms with Crippen molar-refractivity contribution in [2.75, 3.05) is 13.3 Å². The first kappa shape index (κ1) is 45.0. The minimum atomic E-state index is -4.62. The maximum atomic E-state index is 13.5. The molecule has 3 rings (SSSR count). The number of carboxylic acid groups (broad SMARTS) is 2. The molecule has 4 amide bonds. The summed E-state index contributed by atoms with van der Waals surface area (Å²) in [6.45, 7) is 4.97. The number of carbonyl (C=O) groups excluding carboxylic acids is 5. The predicted molar refractivity (Wildman–Crippen MR) is 193 cm³/mol. The Labute approximate surface area is 324 Å². The van der Waals surface area contributed by atoms with E-state index >= 15 is 0 Å². The maximum Gasteiger partial charge on any atom is 0.416 e. The second-order valence-corrected chi connectivity index (χ2v) is 12.5. The lowest BCUT2D eigenvalue weighted by molar-refractivity contribution is -0.171. The Kier molecular flexibility index (Phi) is 16.6. The fourth-order valence-electron chi connectivity index (χ4n) is 5.66. The molecule has 0 fully saturated rings. The molecular formula is C38H43F3N4O12. The van der Waals surface area contributed by atoms with Crippen molar-refractivity contribution in [2.24, 2.45) is 5.92 Å². The maximum absolute atomic E-state index is 13.5. The van der Waals surface area contributed by atoms with E-state index in [2.05, 4.69) is 16.0 Å². The third kappa shape index (κ3) is 12.8. The highest BCUT2D eigenvalue weighted by molar-refractivity contribution is 6.00. The van der Waals surface area contributed by atoms with Gasteiger partial charge < -0.3 is 40.2 Å². The molecule has 0 bridgehead atoms. The molecule has 5 N–H and O–H groups in total. The molecule has 16 nitrogen and oxygen atoms in total. The van der Waals surface area contributed by atoms with E-state index in [4.69, 9.17) is 19.1 Å². The molecule has 3 atom stereocenters. The fraction of sp³-hybridized carbons (Fsp3) is 0.395. The van der Waals surface area contributed by atoms with Gasteiger partial charge in [-0.1, -0.05) is 39.2 Å². The van der Waals surface area contributed by atoms with Crippen LogP contribution in [0, 0.1) is 5.92 Å². The van der Waals surface area contributed by atoms with Crippen LogP contribution in [0.1, 0.15) is 96.1 Å². The van der Waals surface area contributed by atoms with Gasteiger partial charge in [0.1, 0.15) is 17.6 Å². The lowest BCUT2D eigenvalue weighted by Gasteiger charge is -2.31. The van der Waals surface area contributed by atoms with Gasteiger partial charge in [0.2, 0.25) is 12.3 Å². The number of hydrogen-bond acceptors (Lipinski definition) is 10. The van der Waals surface area contributed by atoms with Gasteiger partial charge in [-0.25, -0.2) is 9.59 Å². The van der Waals surface area contributed by atoms with Crippen LogP contribution in [-0.2, 0) is 30.2 Å². The summed E-state index contributed by atoms with van der Waals surface area (Å²) >= 11 is 0. The Balaban J connectivity index is 1.69. The summed E-state index contributed by atoms with van der Waals surface area (Å²) in [7, 11) is 0. The van der Waals surface area contributed by atoms with E-state index in [1.807, 2.05) is 6.92 Å². The highest BCUT2D eigenvalue weighted by Gasteiger charge is 2.34. The minimum absolute atomic E-state index is 0.0263. The zero-order valence-electron chi connectivity index (χ0n) is 31.2. The third-order valence-electron chi connectivity index (χ3n) is 8.54. The summed E-state index contributed by atoms with van der Waals surface area (Å²) in [5, 5.41) is 26.2. The molecule has 57 heavy (non-hydrogen) atoms. The van der Waals surface area contributed by atoms with Crippen molar-refractivity contribution in [1.29, 1.82) is 0 Å². The quantitative estimate of drug-likeness (QED) is 0.0390. The Morgan fingerprint density at radius 1 is 0.912 bits per heavy atom. The van der Waals surface area contributed by atoms with Crippen LogP contribution >= 0.6 is 0 Å². The number of hydroxylamine groups is 2. The van der Waals surface area contributed by atoms with Gasteiger partial charge in [-0.05, 0) is 68.3 Å². The molecule has 0 spiro atoms. The van der Waals surface area contributed by atoms with Gasteiger partial charge in [0.05, 0.1) is 48.3 Å². The van der Waals surface area contributed by atoms with Crippen molar-refractivity contribution in [3.8, 4) is 17.1 Å². The molecule has 1 heterocycles. The second-order valence-electron chi connectivity index (χ2n) is 12.5. The molecule has 3 aromatic rings. The van der Waals surface area contributed by atoms with E-state index in [-0.39, 0.29) is 60.9 Å². The van der Waals surface area contributed by atoms with Crippen molar-refractivity contribution in [1.82, 2.24) is 21.0 Å². The highest BCUT2D eigenvalue weighted by Crippen LogP contribution is 2.31. The predicted octanol–water partition coefficient (Wildman–Crippen LogP) is 5.03. The standard InChI is InChI=1S/C38H43F3N4O12/c1-4-7-8-9-25(28(5-2)45(21-46)57-37(54)22-10-13-24(14-11-22)38(39,40)41)33(49)42-20-43-35(51)30-17-16-29(56-30)23-12-15-26(31(18-23)55-6-3)34(50)44-27(36(52)53)19-32(47)48/h10-18,21,25,27-28H,4-9,19-20H2,1-3H3,(H,42,49)(H,43,51)(H,44,50)(H,47,48)(H,52,53)/t25?,27-,28?/m0/s1. The average Bonchev–Trinajstić information content (AvgIpc) is 3.67. The number of nitrogens with one attached hydrogen (secondary N) is 3. The topological polar surface area (TPSA) is 231 Å². The van der Waals surface area contributed by atoms with Gasteiger partial charge in [-0.15, -0.1) is 0 Å². The van der Waals surface area contributed by atoms with Crippen molar-refractivity contribution < 1.29 is 70.9 Å². The van der Waals surface area contributed by atoms with E-state index in [1.165, 1.54) is 30.3 Å². The Morgan fingerprint density at radius 3 is 2.19 bits per heavy atom. The van der Waals surface area contributed by atoms with Gasteiger partial charge in [-0.2, -0.15) is 18.2 Å². The van der Waals surface area contributed by atoms with E-state index in [9.17, 15) is 51.8 Å². The SMILES string of the molecule is CCCCCC(C(=O)NCNC(=O)c1ccc(-c2ccc(C(=O)N[C@@H](CC(=O)O)C(=O)O)c(OCC)c2)o1)C(CC)N(C=O)OC(=O)c1ccc(C(F)(F)F)cc1. The first-order chi connectivity index (χ1) is 27.0. The number of alkyl halides is 3. The molecular weight excluding hydrogens is 761 g/mol. The molecule has 0 radical (unpaired) electrons.